The number of nitrogens with one attached hydrogen (secondary N) is 2. The fraction of sp³-hybridized carbons (Fsp3) is 0.259. The molecular weight excluding hydrogens is 513 g/mol. The normalized spacial score (nSPS) is 12.9. The number of carbonyl (C=O) groups excluding carboxylic acids is 1. The van der Waals surface area contributed by atoms with Crippen LogP contribution in [0.5, 0.6) is 5.75 Å². The van der Waals surface area contributed by atoms with E-state index in [1.165, 1.54) is 35.9 Å². The number of hydrogen-bond donors (Lipinski definition) is 4. The Morgan fingerprint density at radius 3 is 2.26 bits per heavy atom. The van der Waals surface area contributed by atoms with Crippen LogP contribution in [0, 0.1) is 0 Å². The van der Waals surface area contributed by atoms with Crippen LogP contribution in [0.4, 0.5) is 10.1 Å². The second kappa shape index (κ2) is 13.5. The van der Waals surface area contributed by atoms with Gasteiger partial charge in [-0.1, -0.05) is 54.6 Å². The molecule has 0 bridgehead atoms. The van der Waals surface area contributed by atoms with Crippen molar-refractivity contribution in [3.05, 3.63) is 90.0 Å². The van der Waals surface area contributed by atoms with Crippen molar-refractivity contribution in [1.82, 2.24) is 10.0 Å². The number of amides is 1. The lowest BCUT2D eigenvalue weighted by atomic mass is 10.0. The Labute approximate surface area is 220 Å². The third-order valence-corrected chi connectivity index (χ3v) is 7.15. The highest BCUT2D eigenvalue weighted by Crippen LogP contribution is 2.29. The summed E-state index contributed by atoms with van der Waals surface area (Å²) in [4.78, 5) is 23.5. The van der Waals surface area contributed by atoms with Crippen molar-refractivity contribution in [2.45, 2.75) is 43.0 Å². The van der Waals surface area contributed by atoms with Crippen LogP contribution in [0.1, 0.15) is 36.4 Å². The highest BCUT2D eigenvalue weighted by atomic mass is 32.2. The maximum atomic E-state index is 13.5. The van der Waals surface area contributed by atoms with Gasteiger partial charge in [-0.2, -0.15) is 4.39 Å². The fourth-order valence-electron chi connectivity index (χ4n) is 3.72. The molecule has 0 aliphatic heterocycles. The number of carboxylic acids is 1. The topological polar surface area (TPSA) is 148 Å². The highest BCUT2D eigenvalue weighted by molar-refractivity contribution is 7.89. The number of hydrogen-bond acceptors (Lipinski definition) is 6. The van der Waals surface area contributed by atoms with Gasteiger partial charge in [-0.25, -0.2) is 17.9 Å². The molecule has 0 fully saturated rings. The third kappa shape index (κ3) is 8.56. The molecule has 0 heterocycles. The number of nitrogens with two attached hydrogens (primary N) is 1. The van der Waals surface area contributed by atoms with Crippen LogP contribution in [0.3, 0.4) is 0 Å². The molecule has 0 aliphatic rings. The summed E-state index contributed by atoms with van der Waals surface area (Å²) in [5.74, 6) is -2.42. The van der Waals surface area contributed by atoms with E-state index in [4.69, 9.17) is 15.6 Å². The van der Waals surface area contributed by atoms with Crippen LogP contribution in [-0.2, 0) is 26.0 Å². The van der Waals surface area contributed by atoms with Gasteiger partial charge in [0.1, 0.15) is 5.75 Å². The van der Waals surface area contributed by atoms with Crippen LogP contribution in [0.25, 0.3) is 0 Å². The van der Waals surface area contributed by atoms with Gasteiger partial charge in [0.05, 0.1) is 16.6 Å². The number of halogens is 1. The van der Waals surface area contributed by atoms with Gasteiger partial charge in [-0.05, 0) is 54.7 Å². The van der Waals surface area contributed by atoms with E-state index in [0.29, 0.717) is 12.1 Å². The zero-order valence-electron chi connectivity index (χ0n) is 20.5. The Morgan fingerprint density at radius 2 is 1.63 bits per heavy atom. The zero-order chi connectivity index (χ0) is 27.5. The van der Waals surface area contributed by atoms with Crippen molar-refractivity contribution in [3.8, 4) is 5.75 Å². The predicted molar refractivity (Wildman–Crippen MR) is 141 cm³/mol. The van der Waals surface area contributed by atoms with Crippen LogP contribution in [0.2, 0.25) is 0 Å². The molecule has 0 saturated heterocycles. The number of unbranched alkanes of at least 4 members (excludes halogenated alkanes) is 1. The molecular formula is C27H30FN3O6S. The number of nitrogen functional groups attached to an aromatic ring is 1. The Bertz CT molecular complexity index is 1320. The second-order valence-electron chi connectivity index (χ2n) is 8.55. The Balaban J connectivity index is 1.69. The molecule has 2 unspecified atom stereocenters. The summed E-state index contributed by atoms with van der Waals surface area (Å²) < 4.78 is 46.7. The van der Waals surface area contributed by atoms with Crippen molar-refractivity contribution >= 4 is 27.6 Å². The molecule has 0 spiro atoms. The van der Waals surface area contributed by atoms with E-state index in [1.807, 2.05) is 30.3 Å². The predicted octanol–water partition coefficient (Wildman–Crippen LogP) is 3.58. The van der Waals surface area contributed by atoms with Crippen LogP contribution < -0.4 is 20.5 Å². The lowest BCUT2D eigenvalue weighted by molar-refractivity contribution is -0.153. The Hall–Kier alpha value is -3.96. The maximum absolute atomic E-state index is 13.5. The maximum Gasteiger partial charge on any atom is 0.378 e. The van der Waals surface area contributed by atoms with Gasteiger partial charge in [-0.15, -0.1) is 0 Å². The summed E-state index contributed by atoms with van der Waals surface area (Å²) in [6, 6.07) is 20.6. The van der Waals surface area contributed by atoms with Crippen molar-refractivity contribution < 1.29 is 32.2 Å². The summed E-state index contributed by atoms with van der Waals surface area (Å²) >= 11 is 0. The molecule has 0 saturated carbocycles. The van der Waals surface area contributed by atoms with E-state index in [1.54, 1.807) is 18.2 Å². The molecule has 2 atom stereocenters. The van der Waals surface area contributed by atoms with Gasteiger partial charge in [0.15, 0.2) is 0 Å². The lowest BCUT2D eigenvalue weighted by Crippen LogP contribution is -2.34. The monoisotopic (exact) mass is 543 g/mol. The number of benzene rings is 3. The van der Waals surface area contributed by atoms with Crippen molar-refractivity contribution in [2.75, 3.05) is 12.3 Å². The summed E-state index contributed by atoms with van der Waals surface area (Å²) in [6.45, 7) is 0.422. The number of anilines is 1. The largest absolute Gasteiger partial charge is 0.476 e. The second-order valence-corrected chi connectivity index (χ2v) is 10.3. The molecule has 202 valence electrons. The Kier molecular flexibility index (Phi) is 10.2. The van der Waals surface area contributed by atoms with Crippen molar-refractivity contribution in [3.63, 3.8) is 0 Å². The lowest BCUT2D eigenvalue weighted by Gasteiger charge is -2.20. The number of rotatable bonds is 14. The number of ether oxygens (including phenoxy) is 1. The molecule has 1 amide bonds. The smallest absolute Gasteiger partial charge is 0.378 e. The average molecular weight is 544 g/mol. The van der Waals surface area contributed by atoms with Crippen LogP contribution >= 0.6 is 0 Å². The summed E-state index contributed by atoms with van der Waals surface area (Å²) in [5.41, 5.74) is 7.33. The standard InChI is InChI=1S/C27H30FN3O6S/c28-26(27(33)34)37-24-15-14-20(17-22(24)29)23(31-38(35,36)21-12-5-2-6-13-21)18-25(32)30-16-8-7-11-19-9-3-1-4-10-19/h1-6,9-10,12-15,17,23,26,31H,7-8,11,16,18,29H2,(H,30,32)(H,33,34). The third-order valence-electron chi connectivity index (χ3n) is 5.66. The van der Waals surface area contributed by atoms with E-state index < -0.39 is 28.4 Å². The van der Waals surface area contributed by atoms with Crippen LogP contribution in [-0.4, -0.2) is 38.3 Å². The number of aliphatic carboxylic acids is 1. The number of sulfonamides is 1. The molecule has 11 heteroatoms. The van der Waals surface area contributed by atoms with Gasteiger partial charge in [0, 0.05) is 13.0 Å². The van der Waals surface area contributed by atoms with Gasteiger partial charge < -0.3 is 20.9 Å². The minimum atomic E-state index is -4.01. The zero-order valence-corrected chi connectivity index (χ0v) is 21.4. The number of carboxylic acid groups (broad SMARTS) is 1. The molecule has 3 rings (SSSR count). The number of carbonyl (C=O) groups is 2. The number of alkyl halides is 1. The summed E-state index contributed by atoms with van der Waals surface area (Å²) in [5, 5.41) is 11.5. The SMILES string of the molecule is Nc1cc(C(CC(=O)NCCCCc2ccccc2)NS(=O)(=O)c2ccccc2)ccc1OC(F)C(=O)O. The van der Waals surface area contributed by atoms with E-state index in [0.717, 1.165) is 19.3 Å². The minimum Gasteiger partial charge on any atom is -0.476 e. The first-order valence-electron chi connectivity index (χ1n) is 12.0. The van der Waals surface area contributed by atoms with E-state index in [9.17, 15) is 22.4 Å². The first kappa shape index (κ1) is 28.6. The summed E-state index contributed by atoms with van der Waals surface area (Å²) in [6.07, 6.45) is -0.355. The molecule has 3 aromatic rings. The molecule has 9 nitrogen and oxygen atoms in total. The molecule has 0 aromatic heterocycles. The van der Waals surface area contributed by atoms with E-state index >= 15 is 0 Å². The van der Waals surface area contributed by atoms with Crippen molar-refractivity contribution in [1.29, 1.82) is 0 Å². The quantitative estimate of drug-likeness (QED) is 0.179. The first-order valence-corrected chi connectivity index (χ1v) is 13.4. The van der Waals surface area contributed by atoms with Crippen LogP contribution in [0.15, 0.2) is 83.8 Å². The molecule has 0 radical (unpaired) electrons. The number of aryl methyl sites for hydroxylation is 1. The molecule has 3 aromatic carbocycles. The highest BCUT2D eigenvalue weighted by Gasteiger charge is 2.25. The van der Waals surface area contributed by atoms with Gasteiger partial charge in [0.25, 0.3) is 0 Å². The Morgan fingerprint density at radius 1 is 0.974 bits per heavy atom. The van der Waals surface area contributed by atoms with E-state index in [-0.39, 0.29) is 28.7 Å². The van der Waals surface area contributed by atoms with E-state index in [2.05, 4.69) is 10.0 Å². The average Bonchev–Trinajstić information content (AvgIpc) is 2.90. The molecule has 38 heavy (non-hydrogen) atoms. The summed E-state index contributed by atoms with van der Waals surface area (Å²) in [7, 11) is -4.01. The van der Waals surface area contributed by atoms with Gasteiger partial charge >= 0.3 is 12.3 Å². The van der Waals surface area contributed by atoms with Gasteiger partial charge in [-0.3, -0.25) is 4.79 Å². The molecule has 0 aliphatic carbocycles. The van der Waals surface area contributed by atoms with Crippen molar-refractivity contribution in [2.24, 2.45) is 0 Å². The minimum absolute atomic E-state index is 0.0148. The van der Waals surface area contributed by atoms with Gasteiger partial charge in [0.2, 0.25) is 15.9 Å². The fourth-order valence-corrected chi connectivity index (χ4v) is 4.97. The first-order chi connectivity index (χ1) is 18.2. The molecule has 5 N–H and O–H groups in total.